The molecule has 0 rings (SSSR count). The number of unbranched alkanes of at least 4 members (excludes halogenated alkanes) is 16. The number of aliphatic hydroxyl groups excluding tert-OH is 2. The van der Waals surface area contributed by atoms with Crippen LogP contribution in [-0.4, -0.2) is 83.2 Å². The van der Waals surface area contributed by atoms with Gasteiger partial charge in [0.15, 0.2) is 0 Å². The van der Waals surface area contributed by atoms with Gasteiger partial charge in [-0.1, -0.05) is 128 Å². The van der Waals surface area contributed by atoms with Gasteiger partial charge < -0.3 is 30.0 Å². The van der Waals surface area contributed by atoms with Crippen molar-refractivity contribution in [1.29, 1.82) is 0 Å². The van der Waals surface area contributed by atoms with E-state index in [4.69, 9.17) is 0 Å². The molecule has 2 N–H and O–H groups in total. The fourth-order valence-corrected chi connectivity index (χ4v) is 4.72. The van der Waals surface area contributed by atoms with Gasteiger partial charge in [-0.2, -0.15) is 0 Å². The molecule has 0 amide bonds. The molecule has 2 atom stereocenters. The number of hydrogen-bond acceptors (Lipinski definition) is 6. The van der Waals surface area contributed by atoms with Crippen LogP contribution in [0.5, 0.6) is 0 Å². The number of carboxylic acids is 2. The summed E-state index contributed by atoms with van der Waals surface area (Å²) in [5.74, 6) is -1.88. The van der Waals surface area contributed by atoms with Crippen molar-refractivity contribution >= 4 is 60.8 Å². The summed E-state index contributed by atoms with van der Waals surface area (Å²) in [6.07, 6.45) is 34.0. The summed E-state index contributed by atoms with van der Waals surface area (Å²) in [4.78, 5) is 20.4. The maximum absolute atomic E-state index is 10.2. The standard InChI is InChI=1S/2C18H34O3.Ba/c2*1-2-3-4-11-14-17(19)15-12-9-7-5-6-8-10-13-16-18(20)21;/h2*9,12,17,19H,2-8,10-11,13-16H2,1H3,(H,20,21);/q;;+2/p-2/b2*12-9-;/t2*17-;/m11./s1. The quantitative estimate of drug-likeness (QED) is 0.0462. The van der Waals surface area contributed by atoms with E-state index in [0.717, 1.165) is 116 Å². The molecule has 43 heavy (non-hydrogen) atoms. The normalized spacial score (nSPS) is 12.6. The van der Waals surface area contributed by atoms with Crippen LogP contribution in [0.2, 0.25) is 0 Å². The molecule has 0 aromatic rings. The van der Waals surface area contributed by atoms with Gasteiger partial charge in [0, 0.05) is 11.9 Å². The van der Waals surface area contributed by atoms with Crippen LogP contribution in [0.3, 0.4) is 0 Å². The zero-order valence-corrected chi connectivity index (χ0v) is 32.5. The van der Waals surface area contributed by atoms with Crippen LogP contribution in [-0.2, 0) is 9.59 Å². The predicted octanol–water partition coefficient (Wildman–Crippen LogP) is 7.11. The molecule has 7 heteroatoms. The van der Waals surface area contributed by atoms with Crippen LogP contribution < -0.4 is 10.2 Å². The Bertz CT molecular complexity index is 583. The maximum atomic E-state index is 10.2. The van der Waals surface area contributed by atoms with Gasteiger partial charge in [0.05, 0.1) is 12.2 Å². The second-order valence-electron chi connectivity index (χ2n) is 11.8. The maximum Gasteiger partial charge on any atom is 2.00 e. The van der Waals surface area contributed by atoms with E-state index in [-0.39, 0.29) is 73.9 Å². The third-order valence-corrected chi connectivity index (χ3v) is 7.43. The van der Waals surface area contributed by atoms with E-state index in [9.17, 15) is 30.0 Å². The molecule has 0 spiro atoms. The molecule has 0 saturated heterocycles. The summed E-state index contributed by atoms with van der Waals surface area (Å²) in [7, 11) is 0. The van der Waals surface area contributed by atoms with Crippen molar-refractivity contribution in [2.75, 3.05) is 0 Å². The van der Waals surface area contributed by atoms with Crippen LogP contribution in [0.15, 0.2) is 24.3 Å². The Hall–Kier alpha value is -0.0886. The monoisotopic (exact) mass is 732 g/mol. The number of hydrogen-bond donors (Lipinski definition) is 2. The van der Waals surface area contributed by atoms with Gasteiger partial charge in [-0.3, -0.25) is 0 Å². The Morgan fingerprint density at radius 3 is 1.19 bits per heavy atom. The third kappa shape index (κ3) is 46.5. The first-order valence-electron chi connectivity index (χ1n) is 17.4. The number of carboxylic acid groups (broad SMARTS) is 2. The number of aliphatic carboxylic acids is 2. The fourth-order valence-electron chi connectivity index (χ4n) is 4.72. The van der Waals surface area contributed by atoms with Gasteiger partial charge in [-0.05, 0) is 77.0 Å². The molecule has 0 unspecified atom stereocenters. The number of carbonyl (C=O) groups is 2. The summed E-state index contributed by atoms with van der Waals surface area (Å²) in [5.41, 5.74) is 0. The summed E-state index contributed by atoms with van der Waals surface area (Å²) >= 11 is 0. The summed E-state index contributed by atoms with van der Waals surface area (Å²) in [5, 5.41) is 40.0. The topological polar surface area (TPSA) is 121 Å². The zero-order chi connectivity index (χ0) is 31.5. The number of aliphatic hydroxyl groups is 2. The molecule has 0 fully saturated rings. The van der Waals surface area contributed by atoms with Crippen LogP contribution in [0.4, 0.5) is 0 Å². The molecule has 0 aliphatic heterocycles. The van der Waals surface area contributed by atoms with E-state index < -0.39 is 11.9 Å². The Morgan fingerprint density at radius 1 is 0.512 bits per heavy atom. The molecule has 6 nitrogen and oxygen atoms in total. The first kappa shape index (κ1) is 47.3. The van der Waals surface area contributed by atoms with Gasteiger partial charge in [0.25, 0.3) is 0 Å². The number of carbonyl (C=O) groups excluding carboxylic acids is 2. The van der Waals surface area contributed by atoms with Crippen molar-refractivity contribution in [2.24, 2.45) is 0 Å². The molecular formula is C36H66BaO6. The first-order valence-corrected chi connectivity index (χ1v) is 17.4. The summed E-state index contributed by atoms with van der Waals surface area (Å²) in [6, 6.07) is 0. The summed E-state index contributed by atoms with van der Waals surface area (Å²) < 4.78 is 0. The fraction of sp³-hybridized carbons (Fsp3) is 0.833. The van der Waals surface area contributed by atoms with Crippen molar-refractivity contribution in [2.45, 2.75) is 193 Å². The minimum absolute atomic E-state index is 0. The molecule has 0 aromatic carbocycles. The van der Waals surface area contributed by atoms with Gasteiger partial charge >= 0.3 is 48.9 Å². The van der Waals surface area contributed by atoms with E-state index in [1.54, 1.807) is 0 Å². The SMILES string of the molecule is CCCCCC[C@@H](O)C/C=C\CCCCCCCC(=O)[O-].CCCCCC[C@@H](O)C/C=C\CCCCCCCC(=O)[O-].[Ba+2]. The molecule has 0 aliphatic rings. The van der Waals surface area contributed by atoms with Crippen molar-refractivity contribution in [3.05, 3.63) is 24.3 Å². The molecule has 0 aliphatic carbocycles. The van der Waals surface area contributed by atoms with Crippen LogP contribution in [0.25, 0.3) is 0 Å². The molecule has 248 valence electrons. The van der Waals surface area contributed by atoms with Crippen LogP contribution in [0, 0.1) is 0 Å². The minimum Gasteiger partial charge on any atom is -0.550 e. The van der Waals surface area contributed by atoms with Crippen molar-refractivity contribution in [3.8, 4) is 0 Å². The summed E-state index contributed by atoms with van der Waals surface area (Å²) in [6.45, 7) is 4.39. The van der Waals surface area contributed by atoms with Crippen molar-refractivity contribution in [3.63, 3.8) is 0 Å². The molecule has 0 heterocycles. The second kappa shape index (κ2) is 39.9. The van der Waals surface area contributed by atoms with E-state index in [0.29, 0.717) is 0 Å². The van der Waals surface area contributed by atoms with Crippen LogP contribution in [0.1, 0.15) is 181 Å². The Kier molecular flexibility index (Phi) is 43.9. The van der Waals surface area contributed by atoms with E-state index in [2.05, 4.69) is 38.2 Å². The van der Waals surface area contributed by atoms with E-state index in [1.165, 1.54) is 38.5 Å². The van der Waals surface area contributed by atoms with Gasteiger partial charge in [0.1, 0.15) is 0 Å². The number of rotatable bonds is 30. The molecular weight excluding hydrogens is 666 g/mol. The smallest absolute Gasteiger partial charge is 0.550 e. The Labute approximate surface area is 305 Å². The third-order valence-electron chi connectivity index (χ3n) is 7.43. The molecule has 0 radical (unpaired) electrons. The molecule has 0 bridgehead atoms. The van der Waals surface area contributed by atoms with E-state index in [1.807, 2.05) is 0 Å². The zero-order valence-electron chi connectivity index (χ0n) is 28.1. The van der Waals surface area contributed by atoms with Gasteiger partial charge in [-0.25, -0.2) is 0 Å². The Balaban J connectivity index is -0.000000727. The second-order valence-corrected chi connectivity index (χ2v) is 11.8. The average molecular weight is 732 g/mol. The van der Waals surface area contributed by atoms with Crippen molar-refractivity contribution < 1.29 is 30.0 Å². The molecule has 0 aromatic heterocycles. The Morgan fingerprint density at radius 2 is 0.837 bits per heavy atom. The predicted molar refractivity (Wildman–Crippen MR) is 177 cm³/mol. The van der Waals surface area contributed by atoms with Gasteiger partial charge in [-0.15, -0.1) is 0 Å². The van der Waals surface area contributed by atoms with Crippen molar-refractivity contribution in [1.82, 2.24) is 0 Å². The average Bonchev–Trinajstić information content (AvgIpc) is 2.95. The first-order chi connectivity index (χ1) is 20.3. The minimum atomic E-state index is -0.939. The number of allylic oxidation sites excluding steroid dienone is 2. The van der Waals surface area contributed by atoms with Gasteiger partial charge in [0.2, 0.25) is 0 Å². The largest absolute Gasteiger partial charge is 2.00 e. The molecule has 0 saturated carbocycles. The van der Waals surface area contributed by atoms with Crippen LogP contribution >= 0.6 is 0 Å². The van der Waals surface area contributed by atoms with E-state index >= 15 is 0 Å².